The number of alkyl halides is 3. The Labute approximate surface area is 142 Å². The van der Waals surface area contributed by atoms with Crippen molar-refractivity contribution in [3.05, 3.63) is 46.6 Å². The molecular weight excluding hydrogens is 373 g/mol. The van der Waals surface area contributed by atoms with E-state index in [1.54, 1.807) is 0 Å². The van der Waals surface area contributed by atoms with E-state index in [2.05, 4.69) is 4.98 Å². The second kappa shape index (κ2) is 6.83. The molecule has 0 aliphatic carbocycles. The van der Waals surface area contributed by atoms with Crippen LogP contribution >= 0.6 is 11.6 Å². The van der Waals surface area contributed by atoms with Crippen LogP contribution in [0, 0.1) is 11.6 Å². The first kappa shape index (κ1) is 18.9. The summed E-state index contributed by atoms with van der Waals surface area (Å²) in [6.07, 6.45) is -5.80. The SMILES string of the molecule is C[C@@H](Oc1cc(-c2ncc(C(F)(F)F)cc2F)c(F)cc1Cl)C(=O)O. The first-order valence-electron chi connectivity index (χ1n) is 6.62. The normalized spacial score (nSPS) is 12.8. The quantitative estimate of drug-likeness (QED) is 0.789. The van der Waals surface area contributed by atoms with E-state index in [0.717, 1.165) is 12.1 Å². The Morgan fingerprint density at radius 2 is 1.88 bits per heavy atom. The van der Waals surface area contributed by atoms with E-state index in [1.165, 1.54) is 6.92 Å². The lowest BCUT2D eigenvalue weighted by Crippen LogP contribution is -2.23. The average Bonchev–Trinajstić information content (AvgIpc) is 2.49. The number of nitrogens with zero attached hydrogens (tertiary/aromatic N) is 1. The molecule has 1 aromatic heterocycles. The zero-order valence-corrected chi connectivity index (χ0v) is 13.1. The number of aromatic nitrogens is 1. The molecule has 0 unspecified atom stereocenters. The molecule has 4 nitrogen and oxygen atoms in total. The van der Waals surface area contributed by atoms with Crippen molar-refractivity contribution >= 4 is 17.6 Å². The van der Waals surface area contributed by atoms with E-state index in [0.29, 0.717) is 6.20 Å². The molecule has 1 heterocycles. The largest absolute Gasteiger partial charge is 0.479 e. The van der Waals surface area contributed by atoms with Crippen LogP contribution in [-0.2, 0) is 11.0 Å². The highest BCUT2D eigenvalue weighted by Crippen LogP contribution is 2.36. The lowest BCUT2D eigenvalue weighted by atomic mass is 10.1. The van der Waals surface area contributed by atoms with Crippen molar-refractivity contribution in [2.75, 3.05) is 0 Å². The third-order valence-electron chi connectivity index (χ3n) is 3.10. The second-order valence-corrected chi connectivity index (χ2v) is 5.32. The summed E-state index contributed by atoms with van der Waals surface area (Å²) in [5.74, 6) is -4.09. The van der Waals surface area contributed by atoms with Gasteiger partial charge in [0.15, 0.2) is 6.10 Å². The van der Waals surface area contributed by atoms with Gasteiger partial charge in [-0.05, 0) is 25.1 Å². The van der Waals surface area contributed by atoms with Gasteiger partial charge < -0.3 is 9.84 Å². The third kappa shape index (κ3) is 4.16. The zero-order chi connectivity index (χ0) is 18.9. The van der Waals surface area contributed by atoms with E-state index in [9.17, 15) is 26.7 Å². The van der Waals surface area contributed by atoms with Crippen molar-refractivity contribution in [1.29, 1.82) is 0 Å². The minimum atomic E-state index is -4.81. The molecule has 0 bridgehead atoms. The predicted molar refractivity (Wildman–Crippen MR) is 77.3 cm³/mol. The third-order valence-corrected chi connectivity index (χ3v) is 3.39. The Hall–Kier alpha value is -2.42. The summed E-state index contributed by atoms with van der Waals surface area (Å²) in [6, 6.07) is 1.77. The summed E-state index contributed by atoms with van der Waals surface area (Å²) >= 11 is 5.74. The molecule has 1 aromatic carbocycles. The van der Waals surface area contributed by atoms with Crippen molar-refractivity contribution < 1.29 is 36.6 Å². The summed E-state index contributed by atoms with van der Waals surface area (Å²) in [5, 5.41) is 8.51. The molecule has 0 fully saturated rings. The van der Waals surface area contributed by atoms with Crippen LogP contribution in [0.2, 0.25) is 5.02 Å². The monoisotopic (exact) mass is 381 g/mol. The van der Waals surface area contributed by atoms with Crippen LogP contribution in [0.15, 0.2) is 24.4 Å². The van der Waals surface area contributed by atoms with Crippen molar-refractivity contribution in [2.24, 2.45) is 0 Å². The first-order chi connectivity index (χ1) is 11.5. The molecule has 0 aliphatic heterocycles. The number of benzene rings is 1. The van der Waals surface area contributed by atoms with Gasteiger partial charge in [-0.3, -0.25) is 4.98 Å². The van der Waals surface area contributed by atoms with Gasteiger partial charge in [0, 0.05) is 11.8 Å². The van der Waals surface area contributed by atoms with E-state index in [1.807, 2.05) is 0 Å². The second-order valence-electron chi connectivity index (χ2n) is 4.91. The fourth-order valence-electron chi connectivity index (χ4n) is 1.83. The Morgan fingerprint density at radius 1 is 1.24 bits per heavy atom. The summed E-state index contributed by atoms with van der Waals surface area (Å²) in [7, 11) is 0. The van der Waals surface area contributed by atoms with Gasteiger partial charge in [-0.2, -0.15) is 13.2 Å². The lowest BCUT2D eigenvalue weighted by Gasteiger charge is -2.14. The molecule has 2 rings (SSSR count). The van der Waals surface area contributed by atoms with E-state index < -0.39 is 46.7 Å². The van der Waals surface area contributed by atoms with Gasteiger partial charge in [0.2, 0.25) is 0 Å². The van der Waals surface area contributed by atoms with Gasteiger partial charge in [-0.25, -0.2) is 13.6 Å². The lowest BCUT2D eigenvalue weighted by molar-refractivity contribution is -0.144. The molecule has 0 spiro atoms. The fraction of sp³-hybridized carbons (Fsp3) is 0.200. The predicted octanol–water partition coefficient (Wildman–Crippen LogP) is 4.55. The first-order valence-corrected chi connectivity index (χ1v) is 7.00. The molecular formula is C15H9ClF5NO3. The maximum absolute atomic E-state index is 14.0. The minimum Gasteiger partial charge on any atom is -0.479 e. The van der Waals surface area contributed by atoms with Gasteiger partial charge in [0.1, 0.15) is 23.1 Å². The van der Waals surface area contributed by atoms with Gasteiger partial charge in [-0.1, -0.05) is 11.6 Å². The highest BCUT2D eigenvalue weighted by Gasteiger charge is 2.32. The van der Waals surface area contributed by atoms with E-state index >= 15 is 0 Å². The van der Waals surface area contributed by atoms with Gasteiger partial charge in [0.05, 0.1) is 10.6 Å². The molecule has 1 atom stereocenters. The highest BCUT2D eigenvalue weighted by molar-refractivity contribution is 6.32. The van der Waals surface area contributed by atoms with E-state index in [4.69, 9.17) is 21.4 Å². The Morgan fingerprint density at radius 3 is 2.40 bits per heavy atom. The molecule has 0 aliphatic rings. The number of hydrogen-bond donors (Lipinski definition) is 1. The number of halogens is 6. The average molecular weight is 382 g/mol. The fourth-order valence-corrected chi connectivity index (χ4v) is 2.03. The summed E-state index contributed by atoms with van der Waals surface area (Å²) in [5.41, 5.74) is -2.56. The molecule has 0 saturated heterocycles. The van der Waals surface area contributed by atoms with Gasteiger partial charge in [-0.15, -0.1) is 0 Å². The van der Waals surface area contributed by atoms with Crippen molar-refractivity contribution in [1.82, 2.24) is 4.98 Å². The van der Waals surface area contributed by atoms with Crippen LogP contribution in [0.25, 0.3) is 11.3 Å². The number of rotatable bonds is 4. The van der Waals surface area contributed by atoms with Crippen molar-refractivity contribution in [3.8, 4) is 17.0 Å². The molecule has 0 saturated carbocycles. The number of pyridine rings is 1. The number of hydrogen-bond acceptors (Lipinski definition) is 3. The summed E-state index contributed by atoms with van der Waals surface area (Å²) < 4.78 is 70.7. The number of ether oxygens (including phenoxy) is 1. The number of carbonyl (C=O) groups is 1. The number of carboxylic acids is 1. The Bertz CT molecular complexity index is 826. The van der Waals surface area contributed by atoms with Crippen molar-refractivity contribution in [2.45, 2.75) is 19.2 Å². The molecule has 134 valence electrons. The molecule has 0 amide bonds. The molecule has 25 heavy (non-hydrogen) atoms. The molecule has 2 aromatic rings. The van der Waals surface area contributed by atoms with Crippen molar-refractivity contribution in [3.63, 3.8) is 0 Å². The van der Waals surface area contributed by atoms with Crippen LogP contribution < -0.4 is 4.74 Å². The molecule has 0 radical (unpaired) electrons. The highest BCUT2D eigenvalue weighted by atomic mass is 35.5. The van der Waals surface area contributed by atoms with Crippen LogP contribution in [0.4, 0.5) is 22.0 Å². The molecule has 1 N–H and O–H groups in total. The summed E-state index contributed by atoms with van der Waals surface area (Å²) in [4.78, 5) is 14.1. The topological polar surface area (TPSA) is 59.4 Å². The Balaban J connectivity index is 2.51. The van der Waals surface area contributed by atoms with Crippen LogP contribution in [0.1, 0.15) is 12.5 Å². The summed E-state index contributed by atoms with van der Waals surface area (Å²) in [6.45, 7) is 1.18. The standard InChI is InChI=1S/C15H9ClF5NO3/c1-6(14(23)24)25-12-3-8(10(17)4-9(12)16)13-11(18)2-7(5-22-13)15(19,20)21/h2-6H,1H3,(H,23,24)/t6-/m1/s1. The van der Waals surface area contributed by atoms with E-state index in [-0.39, 0.29) is 16.8 Å². The van der Waals surface area contributed by atoms with Crippen LogP contribution in [0.3, 0.4) is 0 Å². The van der Waals surface area contributed by atoms with Crippen LogP contribution in [0.5, 0.6) is 5.75 Å². The maximum Gasteiger partial charge on any atom is 0.417 e. The number of aliphatic carboxylic acids is 1. The zero-order valence-electron chi connectivity index (χ0n) is 12.4. The minimum absolute atomic E-state index is 0.177. The Kier molecular flexibility index (Phi) is 5.17. The maximum atomic E-state index is 14.0. The smallest absolute Gasteiger partial charge is 0.417 e. The van der Waals surface area contributed by atoms with Gasteiger partial charge in [0.25, 0.3) is 0 Å². The van der Waals surface area contributed by atoms with Crippen LogP contribution in [-0.4, -0.2) is 22.2 Å². The number of carboxylic acid groups (broad SMARTS) is 1. The van der Waals surface area contributed by atoms with Gasteiger partial charge >= 0.3 is 12.1 Å². The molecule has 10 heteroatoms.